The van der Waals surface area contributed by atoms with Crippen molar-refractivity contribution in [3.8, 4) is 0 Å². The minimum atomic E-state index is -4.50. The first kappa shape index (κ1) is 15.2. The zero-order valence-corrected chi connectivity index (χ0v) is 11.4. The van der Waals surface area contributed by atoms with Crippen molar-refractivity contribution in [3.05, 3.63) is 17.6 Å². The van der Waals surface area contributed by atoms with Crippen LogP contribution in [0.5, 0.6) is 0 Å². The van der Waals surface area contributed by atoms with Gasteiger partial charge in [-0.05, 0) is 6.92 Å². The van der Waals surface area contributed by atoms with E-state index in [1.54, 1.807) is 19.0 Å². The van der Waals surface area contributed by atoms with Crippen LogP contribution in [-0.2, 0) is 6.18 Å². The van der Waals surface area contributed by atoms with Crippen LogP contribution in [0.25, 0.3) is 5.78 Å². The highest BCUT2D eigenvalue weighted by atomic mass is 19.4. The van der Waals surface area contributed by atoms with E-state index in [-0.39, 0.29) is 11.3 Å². The van der Waals surface area contributed by atoms with E-state index >= 15 is 0 Å². The van der Waals surface area contributed by atoms with Crippen molar-refractivity contribution in [2.24, 2.45) is 0 Å². The fraction of sp³-hybridized carbons (Fsp3) is 0.545. The van der Waals surface area contributed by atoms with Crippen molar-refractivity contribution < 1.29 is 13.2 Å². The number of nitrogens with zero attached hydrogens (tertiary/aromatic N) is 5. The summed E-state index contributed by atoms with van der Waals surface area (Å²) in [6.07, 6.45) is -3.32. The van der Waals surface area contributed by atoms with Crippen LogP contribution in [0, 0.1) is 6.92 Å². The van der Waals surface area contributed by atoms with Gasteiger partial charge < -0.3 is 4.90 Å². The van der Waals surface area contributed by atoms with Gasteiger partial charge in [-0.25, -0.2) is 4.98 Å². The summed E-state index contributed by atoms with van der Waals surface area (Å²) in [6.45, 7) is 5.37. The van der Waals surface area contributed by atoms with Crippen molar-refractivity contribution >= 4 is 11.6 Å². The molecule has 0 aliphatic rings. The second kappa shape index (κ2) is 5.41. The number of aromatic nitrogens is 4. The van der Waals surface area contributed by atoms with E-state index in [1.807, 2.05) is 13.8 Å². The molecule has 2 rings (SSSR count). The van der Waals surface area contributed by atoms with E-state index in [0.29, 0.717) is 5.82 Å². The summed E-state index contributed by atoms with van der Waals surface area (Å²) in [4.78, 5) is 8.73. The number of fused-ring (bicyclic) bond motifs is 1. The average Bonchev–Trinajstić information content (AvgIpc) is 2.76. The molecule has 0 aromatic carbocycles. The van der Waals surface area contributed by atoms with Crippen molar-refractivity contribution in [3.63, 3.8) is 0 Å². The van der Waals surface area contributed by atoms with Gasteiger partial charge in [-0.3, -0.25) is 0 Å². The van der Waals surface area contributed by atoms with Crippen molar-refractivity contribution in [1.29, 1.82) is 0 Å². The van der Waals surface area contributed by atoms with Crippen LogP contribution in [0.15, 0.2) is 6.33 Å². The number of anilines is 1. The Morgan fingerprint density at radius 1 is 1.21 bits per heavy atom. The van der Waals surface area contributed by atoms with Crippen LogP contribution in [-0.4, -0.2) is 33.7 Å². The smallest absolute Gasteiger partial charge is 0.362 e. The van der Waals surface area contributed by atoms with Crippen LogP contribution in [0.2, 0.25) is 0 Å². The lowest BCUT2D eigenvalue weighted by atomic mass is 10.2. The summed E-state index contributed by atoms with van der Waals surface area (Å²) in [7, 11) is 3.28. The Bertz CT molecular complexity index is 559. The second-order valence-electron chi connectivity index (χ2n) is 3.77. The zero-order valence-electron chi connectivity index (χ0n) is 11.4. The van der Waals surface area contributed by atoms with Gasteiger partial charge in [-0.1, -0.05) is 13.8 Å². The Labute approximate surface area is 109 Å². The lowest BCUT2D eigenvalue weighted by molar-refractivity contribution is -0.141. The molecule has 5 nitrogen and oxygen atoms in total. The average molecular weight is 275 g/mol. The molecule has 0 aliphatic carbocycles. The summed E-state index contributed by atoms with van der Waals surface area (Å²) in [6, 6.07) is 0. The van der Waals surface area contributed by atoms with Crippen molar-refractivity contribution in [2.75, 3.05) is 19.0 Å². The van der Waals surface area contributed by atoms with Gasteiger partial charge >= 0.3 is 6.18 Å². The van der Waals surface area contributed by atoms with Gasteiger partial charge in [-0.15, -0.1) is 0 Å². The number of rotatable bonds is 1. The summed E-state index contributed by atoms with van der Waals surface area (Å²) >= 11 is 0. The molecule has 0 radical (unpaired) electrons. The molecule has 0 amide bonds. The first-order valence-corrected chi connectivity index (χ1v) is 5.77. The third-order valence-electron chi connectivity index (χ3n) is 2.32. The minimum absolute atomic E-state index is 0.0282. The molecule has 2 aromatic rings. The molecule has 0 aliphatic heterocycles. The molecular weight excluding hydrogens is 259 g/mol. The molecule has 0 saturated heterocycles. The SMILES string of the molecule is CC.Cc1c(C(F)(F)F)nc2ncnn2c1N(C)C. The maximum atomic E-state index is 12.8. The third kappa shape index (κ3) is 2.77. The van der Waals surface area contributed by atoms with Crippen LogP contribution >= 0.6 is 0 Å². The van der Waals surface area contributed by atoms with Gasteiger partial charge in [0.1, 0.15) is 12.1 Å². The molecule has 0 spiro atoms. The standard InChI is InChI=1S/C9H10F3N5.C2H6/c1-5-6(9(10,11)12)15-8-13-4-14-17(8)7(5)16(2)3;1-2/h4H,1-3H3;1-2H3. The molecule has 8 heteroatoms. The van der Waals surface area contributed by atoms with Crippen molar-refractivity contribution in [2.45, 2.75) is 26.9 Å². The summed E-state index contributed by atoms with van der Waals surface area (Å²) in [5.74, 6) is 0.256. The quantitative estimate of drug-likeness (QED) is 0.802. The Morgan fingerprint density at radius 3 is 2.26 bits per heavy atom. The molecular formula is C11H16F3N5. The number of hydrogen-bond acceptors (Lipinski definition) is 4. The predicted molar refractivity (Wildman–Crippen MR) is 66.2 cm³/mol. The number of alkyl halides is 3. The van der Waals surface area contributed by atoms with E-state index in [2.05, 4.69) is 15.1 Å². The lowest BCUT2D eigenvalue weighted by Crippen LogP contribution is -2.20. The van der Waals surface area contributed by atoms with Gasteiger partial charge in [0.25, 0.3) is 5.78 Å². The Morgan fingerprint density at radius 2 is 1.79 bits per heavy atom. The first-order chi connectivity index (χ1) is 8.82. The summed E-state index contributed by atoms with van der Waals surface area (Å²) < 4.78 is 39.6. The predicted octanol–water partition coefficient (Wildman–Crippen LogP) is 2.54. The molecule has 0 atom stereocenters. The van der Waals surface area contributed by atoms with Gasteiger partial charge in [0.2, 0.25) is 0 Å². The molecule has 0 N–H and O–H groups in total. The zero-order chi connectivity index (χ0) is 14.8. The summed E-state index contributed by atoms with van der Waals surface area (Å²) in [5, 5.41) is 3.86. The van der Waals surface area contributed by atoms with Gasteiger partial charge in [-0.2, -0.15) is 27.8 Å². The van der Waals surface area contributed by atoms with Crippen LogP contribution in [0.1, 0.15) is 25.1 Å². The van der Waals surface area contributed by atoms with Gasteiger partial charge in [0.05, 0.1) is 0 Å². The fourth-order valence-corrected chi connectivity index (χ4v) is 1.71. The molecule has 106 valence electrons. The van der Waals surface area contributed by atoms with Crippen LogP contribution in [0.3, 0.4) is 0 Å². The van der Waals surface area contributed by atoms with Crippen molar-refractivity contribution in [1.82, 2.24) is 19.6 Å². The Kier molecular flexibility index (Phi) is 4.33. The molecule has 19 heavy (non-hydrogen) atoms. The molecule has 0 bridgehead atoms. The molecule has 0 saturated carbocycles. The summed E-state index contributed by atoms with van der Waals surface area (Å²) in [5.41, 5.74) is -0.901. The highest BCUT2D eigenvalue weighted by Gasteiger charge is 2.37. The highest BCUT2D eigenvalue weighted by Crippen LogP contribution is 2.33. The molecule has 0 fully saturated rings. The molecule has 2 aromatic heterocycles. The third-order valence-corrected chi connectivity index (χ3v) is 2.32. The Hall–Kier alpha value is -1.86. The maximum Gasteiger partial charge on any atom is 0.433 e. The van der Waals surface area contributed by atoms with E-state index in [1.165, 1.54) is 17.8 Å². The van der Waals surface area contributed by atoms with E-state index in [0.717, 1.165) is 0 Å². The second-order valence-corrected chi connectivity index (χ2v) is 3.77. The van der Waals surface area contributed by atoms with Crippen LogP contribution in [0.4, 0.5) is 19.0 Å². The molecule has 2 heterocycles. The Balaban J connectivity index is 0.000000861. The monoisotopic (exact) mass is 275 g/mol. The molecule has 0 unspecified atom stereocenters. The number of halogens is 3. The largest absolute Gasteiger partial charge is 0.433 e. The highest BCUT2D eigenvalue weighted by molar-refractivity contribution is 5.53. The van der Waals surface area contributed by atoms with Crippen LogP contribution < -0.4 is 4.90 Å². The van der Waals surface area contributed by atoms with Gasteiger partial charge in [0.15, 0.2) is 5.69 Å². The van der Waals surface area contributed by atoms with E-state index in [4.69, 9.17) is 0 Å². The normalized spacial score (nSPS) is 11.2. The lowest BCUT2D eigenvalue weighted by Gasteiger charge is -2.19. The van der Waals surface area contributed by atoms with E-state index in [9.17, 15) is 13.2 Å². The van der Waals surface area contributed by atoms with Gasteiger partial charge in [0, 0.05) is 19.7 Å². The maximum absolute atomic E-state index is 12.8. The fourth-order valence-electron chi connectivity index (χ4n) is 1.71. The number of hydrogen-bond donors (Lipinski definition) is 0. The minimum Gasteiger partial charge on any atom is -0.362 e. The first-order valence-electron chi connectivity index (χ1n) is 5.77. The van der Waals surface area contributed by atoms with E-state index < -0.39 is 11.9 Å². The topological polar surface area (TPSA) is 46.3 Å².